The zero-order valence-electron chi connectivity index (χ0n) is 13.1. The Morgan fingerprint density at radius 2 is 1.83 bits per heavy atom. The summed E-state index contributed by atoms with van der Waals surface area (Å²) in [6.07, 6.45) is 3.88. The van der Waals surface area contributed by atoms with Crippen LogP contribution in [0.2, 0.25) is 10.0 Å². The number of rotatable bonds is 1. The van der Waals surface area contributed by atoms with E-state index in [2.05, 4.69) is 11.1 Å². The molecule has 0 fully saturated rings. The molecule has 4 rings (SSSR count). The van der Waals surface area contributed by atoms with Crippen molar-refractivity contribution in [2.45, 2.75) is 13.5 Å². The van der Waals surface area contributed by atoms with Crippen molar-refractivity contribution >= 4 is 45.0 Å². The Bertz CT molecular complexity index is 1040. The zero-order chi connectivity index (χ0) is 17.1. The molecular weight excluding hydrogens is 341 g/mol. The van der Waals surface area contributed by atoms with Gasteiger partial charge in [0, 0.05) is 44.2 Å². The fraction of sp³-hybridized carbons (Fsp3) is 0.105. The quantitative estimate of drug-likeness (QED) is 0.450. The van der Waals surface area contributed by atoms with Crippen molar-refractivity contribution in [1.82, 2.24) is 9.55 Å². The lowest BCUT2D eigenvalue weighted by Gasteiger charge is -1.98. The second-order valence-electron chi connectivity index (χ2n) is 5.47. The van der Waals surface area contributed by atoms with Crippen LogP contribution in [-0.4, -0.2) is 9.55 Å². The maximum absolute atomic E-state index is 8.65. The van der Waals surface area contributed by atoms with E-state index in [4.69, 9.17) is 28.5 Å². The standard InChI is InChI=1S/C11H9ClN2.C8H6ClN/c1-8-7-14(5-4-13)11-3-2-9(12)6-10(8)11;9-7-1-2-8-6(5-7)3-4-10-8/h2-3,6-7H,5H2,1H3;1-5,10H. The average molecular weight is 356 g/mol. The summed E-state index contributed by atoms with van der Waals surface area (Å²) in [4.78, 5) is 3.09. The van der Waals surface area contributed by atoms with Gasteiger partial charge in [0.05, 0.1) is 6.07 Å². The van der Waals surface area contributed by atoms with Crippen LogP contribution in [-0.2, 0) is 6.54 Å². The van der Waals surface area contributed by atoms with Gasteiger partial charge < -0.3 is 9.55 Å². The molecule has 0 spiro atoms. The van der Waals surface area contributed by atoms with Crippen molar-refractivity contribution < 1.29 is 0 Å². The Morgan fingerprint density at radius 3 is 2.62 bits per heavy atom. The topological polar surface area (TPSA) is 44.5 Å². The number of nitriles is 1. The minimum Gasteiger partial charge on any atom is -0.361 e. The van der Waals surface area contributed by atoms with Crippen molar-refractivity contribution in [3.05, 3.63) is 70.5 Å². The van der Waals surface area contributed by atoms with Crippen molar-refractivity contribution in [2.24, 2.45) is 0 Å². The summed E-state index contributed by atoms with van der Waals surface area (Å²) in [6.45, 7) is 2.40. The molecule has 0 saturated heterocycles. The molecule has 0 aliphatic carbocycles. The van der Waals surface area contributed by atoms with E-state index in [9.17, 15) is 0 Å². The van der Waals surface area contributed by atoms with E-state index in [1.54, 1.807) is 0 Å². The fourth-order valence-electron chi connectivity index (χ4n) is 2.68. The highest BCUT2D eigenvalue weighted by molar-refractivity contribution is 6.31. The second-order valence-corrected chi connectivity index (χ2v) is 6.34. The number of aromatic amines is 1. The third-order valence-electron chi connectivity index (χ3n) is 3.80. The summed E-state index contributed by atoms with van der Waals surface area (Å²) in [5, 5.41) is 12.4. The van der Waals surface area contributed by atoms with Crippen LogP contribution < -0.4 is 0 Å². The first-order valence-electron chi connectivity index (χ1n) is 7.43. The maximum Gasteiger partial charge on any atom is 0.110 e. The Morgan fingerprint density at radius 1 is 1.08 bits per heavy atom. The first-order chi connectivity index (χ1) is 11.6. The zero-order valence-corrected chi connectivity index (χ0v) is 14.6. The fourth-order valence-corrected chi connectivity index (χ4v) is 3.03. The van der Waals surface area contributed by atoms with Crippen LogP contribution in [0.5, 0.6) is 0 Å². The van der Waals surface area contributed by atoms with Crippen molar-refractivity contribution in [3.8, 4) is 6.07 Å². The number of hydrogen-bond acceptors (Lipinski definition) is 1. The molecule has 24 heavy (non-hydrogen) atoms. The van der Waals surface area contributed by atoms with E-state index in [0.717, 1.165) is 37.4 Å². The monoisotopic (exact) mass is 355 g/mol. The molecule has 2 aromatic carbocycles. The SMILES string of the molecule is Cc1cn(CC#N)c2ccc(Cl)cc12.Clc1ccc2[nH]ccc2c1. The Balaban J connectivity index is 0.000000149. The predicted molar refractivity (Wildman–Crippen MR) is 101 cm³/mol. The normalized spacial score (nSPS) is 10.4. The van der Waals surface area contributed by atoms with Crippen molar-refractivity contribution in [2.75, 3.05) is 0 Å². The van der Waals surface area contributed by atoms with Crippen LogP contribution in [0.3, 0.4) is 0 Å². The third-order valence-corrected chi connectivity index (χ3v) is 4.27. The first-order valence-corrected chi connectivity index (χ1v) is 8.18. The van der Waals surface area contributed by atoms with E-state index < -0.39 is 0 Å². The molecule has 0 aliphatic heterocycles. The van der Waals surface area contributed by atoms with Crippen LogP contribution >= 0.6 is 23.2 Å². The number of halogens is 2. The van der Waals surface area contributed by atoms with Gasteiger partial charge >= 0.3 is 0 Å². The summed E-state index contributed by atoms with van der Waals surface area (Å²) in [5.41, 5.74) is 3.34. The summed E-state index contributed by atoms with van der Waals surface area (Å²) in [6, 6.07) is 15.6. The first kappa shape index (κ1) is 16.4. The second kappa shape index (κ2) is 7.00. The van der Waals surface area contributed by atoms with Gasteiger partial charge in [-0.05, 0) is 55.0 Å². The van der Waals surface area contributed by atoms with E-state index >= 15 is 0 Å². The molecule has 5 heteroatoms. The average Bonchev–Trinajstić information content (AvgIpc) is 3.13. The number of aryl methyl sites for hydroxylation is 1. The molecule has 2 aromatic heterocycles. The number of nitrogens with zero attached hydrogens (tertiary/aromatic N) is 2. The predicted octanol–water partition coefficient (Wildman–Crippen LogP) is 5.95. The van der Waals surface area contributed by atoms with Gasteiger partial charge in [-0.3, -0.25) is 0 Å². The van der Waals surface area contributed by atoms with Gasteiger partial charge in [-0.1, -0.05) is 23.2 Å². The number of H-pyrrole nitrogens is 1. The van der Waals surface area contributed by atoms with Crippen molar-refractivity contribution in [3.63, 3.8) is 0 Å². The van der Waals surface area contributed by atoms with Gasteiger partial charge in [0.15, 0.2) is 0 Å². The summed E-state index contributed by atoms with van der Waals surface area (Å²) >= 11 is 11.7. The summed E-state index contributed by atoms with van der Waals surface area (Å²) in [5.74, 6) is 0. The number of aromatic nitrogens is 2. The minimum atomic E-state index is 0.381. The van der Waals surface area contributed by atoms with E-state index in [-0.39, 0.29) is 0 Å². The molecule has 4 aromatic rings. The van der Waals surface area contributed by atoms with Gasteiger partial charge in [0.25, 0.3) is 0 Å². The summed E-state index contributed by atoms with van der Waals surface area (Å²) < 4.78 is 1.93. The van der Waals surface area contributed by atoms with E-state index in [1.807, 2.05) is 66.3 Å². The molecule has 0 aliphatic rings. The molecule has 0 amide bonds. The number of fused-ring (bicyclic) bond motifs is 2. The highest BCUT2D eigenvalue weighted by Gasteiger charge is 2.04. The number of benzene rings is 2. The van der Waals surface area contributed by atoms with Gasteiger partial charge in [-0.2, -0.15) is 5.26 Å². The maximum atomic E-state index is 8.65. The molecule has 0 radical (unpaired) electrons. The molecule has 2 heterocycles. The summed E-state index contributed by atoms with van der Waals surface area (Å²) in [7, 11) is 0. The molecular formula is C19H15Cl2N3. The van der Waals surface area contributed by atoms with Crippen LogP contribution in [0.1, 0.15) is 5.56 Å². The smallest absolute Gasteiger partial charge is 0.110 e. The lowest BCUT2D eigenvalue weighted by molar-refractivity contribution is 0.871. The van der Waals surface area contributed by atoms with Gasteiger partial charge in [-0.25, -0.2) is 0 Å². The Hall–Kier alpha value is -2.41. The van der Waals surface area contributed by atoms with E-state index in [1.165, 1.54) is 0 Å². The number of hydrogen-bond donors (Lipinski definition) is 1. The highest BCUT2D eigenvalue weighted by Crippen LogP contribution is 2.24. The van der Waals surface area contributed by atoms with Gasteiger partial charge in [0.1, 0.15) is 6.54 Å². The van der Waals surface area contributed by atoms with Crippen LogP contribution in [0.25, 0.3) is 21.8 Å². The number of nitrogens with one attached hydrogen (secondary N) is 1. The molecule has 1 N–H and O–H groups in total. The van der Waals surface area contributed by atoms with Crippen LogP contribution in [0.4, 0.5) is 0 Å². The lowest BCUT2D eigenvalue weighted by Crippen LogP contribution is -1.91. The largest absolute Gasteiger partial charge is 0.361 e. The van der Waals surface area contributed by atoms with Crippen LogP contribution in [0, 0.1) is 18.3 Å². The molecule has 3 nitrogen and oxygen atoms in total. The van der Waals surface area contributed by atoms with Crippen molar-refractivity contribution in [1.29, 1.82) is 5.26 Å². The molecule has 120 valence electrons. The Kier molecular flexibility index (Phi) is 4.80. The minimum absolute atomic E-state index is 0.381. The van der Waals surface area contributed by atoms with Crippen LogP contribution in [0.15, 0.2) is 54.9 Å². The van der Waals surface area contributed by atoms with E-state index in [0.29, 0.717) is 6.54 Å². The molecule has 0 atom stereocenters. The highest BCUT2D eigenvalue weighted by atomic mass is 35.5. The lowest BCUT2D eigenvalue weighted by atomic mass is 10.2. The van der Waals surface area contributed by atoms with Gasteiger partial charge in [0.2, 0.25) is 0 Å². The molecule has 0 unspecified atom stereocenters. The van der Waals surface area contributed by atoms with Gasteiger partial charge in [-0.15, -0.1) is 0 Å². The molecule has 0 bridgehead atoms. The Labute approximate surface area is 150 Å². The third kappa shape index (κ3) is 3.41. The molecule has 0 saturated carbocycles.